The van der Waals surface area contributed by atoms with Gasteiger partial charge in [0.25, 0.3) is 0 Å². The number of hydrogen-bond acceptors (Lipinski definition) is 4. The van der Waals surface area contributed by atoms with E-state index in [1.807, 2.05) is 11.6 Å². The lowest BCUT2D eigenvalue weighted by molar-refractivity contribution is -0.135. The molecule has 2 saturated carbocycles. The summed E-state index contributed by atoms with van der Waals surface area (Å²) in [5.74, 6) is 1.04. The largest absolute Gasteiger partial charge is 0.336 e. The monoisotopic (exact) mass is 430 g/mol. The first-order chi connectivity index (χ1) is 14.6. The van der Waals surface area contributed by atoms with Gasteiger partial charge in [-0.1, -0.05) is 50.3 Å². The van der Waals surface area contributed by atoms with Crippen LogP contribution in [0.3, 0.4) is 0 Å². The number of hydrogen-bond donors (Lipinski definition) is 0. The smallest absolute Gasteiger partial charge is 0.233 e. The molecule has 2 aliphatic carbocycles. The minimum Gasteiger partial charge on any atom is -0.336 e. The Kier molecular flexibility index (Phi) is 7.08. The molecule has 4 rings (SSSR count). The Labute approximate surface area is 182 Å². The number of carbonyl (C=O) groups excluding carboxylic acids is 1. The maximum absolute atomic E-state index is 13.3. The third-order valence-corrected chi connectivity index (χ3v) is 7.49. The van der Waals surface area contributed by atoms with Crippen molar-refractivity contribution >= 4 is 17.7 Å². The first-order valence-electron chi connectivity index (χ1n) is 11.2. The number of rotatable bonds is 6. The molecule has 2 aliphatic rings. The Bertz CT molecular complexity index is 823. The summed E-state index contributed by atoms with van der Waals surface area (Å²) in [6, 6.07) is 7.06. The van der Waals surface area contributed by atoms with Crippen LogP contribution in [0.15, 0.2) is 29.4 Å². The van der Waals surface area contributed by atoms with Gasteiger partial charge in [0.15, 0.2) is 11.0 Å². The molecule has 0 radical (unpaired) electrons. The standard InChI is InChI=1S/C23H31FN4OS/c1-27-22(17-12-14-18(24)15-13-17)25-26-23(27)30-16-21(29)28(19-8-4-2-5-9-19)20-10-6-3-7-11-20/h12-15,19-20H,2-11,16H2,1H3. The fourth-order valence-corrected chi connectivity index (χ4v) is 5.70. The van der Waals surface area contributed by atoms with Crippen LogP contribution in [0.2, 0.25) is 0 Å². The van der Waals surface area contributed by atoms with Crippen LogP contribution in [0.25, 0.3) is 11.4 Å². The van der Waals surface area contributed by atoms with E-state index < -0.39 is 0 Å². The second kappa shape index (κ2) is 9.94. The van der Waals surface area contributed by atoms with Gasteiger partial charge in [-0.2, -0.15) is 0 Å². The van der Waals surface area contributed by atoms with E-state index in [-0.39, 0.29) is 11.7 Å². The normalized spacial score (nSPS) is 18.5. The maximum atomic E-state index is 13.3. The lowest BCUT2D eigenvalue weighted by Gasteiger charge is -2.41. The van der Waals surface area contributed by atoms with Crippen molar-refractivity contribution in [2.45, 2.75) is 81.4 Å². The van der Waals surface area contributed by atoms with E-state index in [0.29, 0.717) is 23.7 Å². The Balaban J connectivity index is 1.44. The molecule has 7 heteroatoms. The number of benzene rings is 1. The van der Waals surface area contributed by atoms with Crippen molar-refractivity contribution in [2.75, 3.05) is 5.75 Å². The highest BCUT2D eigenvalue weighted by molar-refractivity contribution is 7.99. The quantitative estimate of drug-likeness (QED) is 0.591. The van der Waals surface area contributed by atoms with E-state index in [1.54, 1.807) is 12.1 Å². The Morgan fingerprint density at radius 1 is 1.00 bits per heavy atom. The topological polar surface area (TPSA) is 51.0 Å². The number of carbonyl (C=O) groups is 1. The number of nitrogens with zero attached hydrogens (tertiary/aromatic N) is 4. The molecular formula is C23H31FN4OS. The Morgan fingerprint density at radius 2 is 1.57 bits per heavy atom. The van der Waals surface area contributed by atoms with Gasteiger partial charge in [-0.05, 0) is 49.9 Å². The van der Waals surface area contributed by atoms with Gasteiger partial charge in [0.2, 0.25) is 5.91 Å². The van der Waals surface area contributed by atoms with Gasteiger partial charge >= 0.3 is 0 Å². The molecule has 162 valence electrons. The molecule has 1 amide bonds. The van der Waals surface area contributed by atoms with Gasteiger partial charge in [-0.3, -0.25) is 4.79 Å². The summed E-state index contributed by atoms with van der Waals surface area (Å²) < 4.78 is 15.1. The van der Waals surface area contributed by atoms with Crippen LogP contribution in [0, 0.1) is 5.82 Å². The highest BCUT2D eigenvalue weighted by Crippen LogP contribution is 2.31. The molecule has 1 heterocycles. The van der Waals surface area contributed by atoms with Gasteiger partial charge in [0.1, 0.15) is 5.82 Å². The lowest BCUT2D eigenvalue weighted by Crippen LogP contribution is -2.49. The van der Waals surface area contributed by atoms with Gasteiger partial charge < -0.3 is 9.47 Å². The number of aromatic nitrogens is 3. The molecule has 0 unspecified atom stereocenters. The average molecular weight is 431 g/mol. The zero-order chi connectivity index (χ0) is 20.9. The van der Waals surface area contributed by atoms with Crippen LogP contribution in [0.4, 0.5) is 4.39 Å². The number of thioether (sulfide) groups is 1. The Morgan fingerprint density at radius 3 is 2.13 bits per heavy atom. The van der Waals surface area contributed by atoms with E-state index in [1.165, 1.54) is 62.4 Å². The van der Waals surface area contributed by atoms with E-state index in [2.05, 4.69) is 15.1 Å². The lowest BCUT2D eigenvalue weighted by atomic mass is 9.88. The third-order valence-electron chi connectivity index (χ3n) is 6.49. The highest BCUT2D eigenvalue weighted by Gasteiger charge is 2.32. The van der Waals surface area contributed by atoms with Crippen LogP contribution in [-0.2, 0) is 11.8 Å². The molecular weight excluding hydrogens is 399 g/mol. The van der Waals surface area contributed by atoms with Crippen molar-refractivity contribution in [1.82, 2.24) is 19.7 Å². The molecule has 2 fully saturated rings. The highest BCUT2D eigenvalue weighted by atomic mass is 32.2. The van der Waals surface area contributed by atoms with Crippen molar-refractivity contribution < 1.29 is 9.18 Å². The number of halogens is 1. The summed E-state index contributed by atoms with van der Waals surface area (Å²) >= 11 is 1.45. The van der Waals surface area contributed by atoms with Crippen molar-refractivity contribution in [3.8, 4) is 11.4 Å². The maximum Gasteiger partial charge on any atom is 0.233 e. The van der Waals surface area contributed by atoms with Gasteiger partial charge in [0, 0.05) is 24.7 Å². The Hall–Kier alpha value is -1.89. The minimum atomic E-state index is -0.272. The summed E-state index contributed by atoms with van der Waals surface area (Å²) in [6.45, 7) is 0. The first kappa shape index (κ1) is 21.3. The fourth-order valence-electron chi connectivity index (χ4n) is 4.92. The van der Waals surface area contributed by atoms with E-state index in [4.69, 9.17) is 0 Å². The molecule has 1 aromatic heterocycles. The fraction of sp³-hybridized carbons (Fsp3) is 0.609. The summed E-state index contributed by atoms with van der Waals surface area (Å²) in [4.78, 5) is 15.6. The molecule has 1 aromatic carbocycles. The predicted molar refractivity (Wildman–Crippen MR) is 118 cm³/mol. The molecule has 0 saturated heterocycles. The molecule has 2 aromatic rings. The van der Waals surface area contributed by atoms with E-state index in [0.717, 1.165) is 36.4 Å². The third kappa shape index (κ3) is 4.88. The van der Waals surface area contributed by atoms with Crippen molar-refractivity contribution in [1.29, 1.82) is 0 Å². The molecule has 5 nitrogen and oxygen atoms in total. The molecule has 0 atom stereocenters. The molecule has 0 bridgehead atoms. The average Bonchev–Trinajstić information content (AvgIpc) is 3.15. The zero-order valence-electron chi connectivity index (χ0n) is 17.7. The first-order valence-corrected chi connectivity index (χ1v) is 12.2. The summed E-state index contributed by atoms with van der Waals surface area (Å²) in [7, 11) is 1.89. The second-order valence-corrected chi connectivity index (χ2v) is 9.49. The molecule has 0 aliphatic heterocycles. The van der Waals surface area contributed by atoms with E-state index >= 15 is 0 Å². The molecule has 0 N–H and O–H groups in total. The van der Waals surface area contributed by atoms with Gasteiger partial charge in [-0.25, -0.2) is 4.39 Å². The number of amides is 1. The second-order valence-electron chi connectivity index (χ2n) is 8.55. The van der Waals surface area contributed by atoms with E-state index in [9.17, 15) is 9.18 Å². The van der Waals surface area contributed by atoms with Crippen LogP contribution < -0.4 is 0 Å². The zero-order valence-corrected chi connectivity index (χ0v) is 18.5. The predicted octanol–water partition coefficient (Wildman–Crippen LogP) is 5.21. The molecule has 30 heavy (non-hydrogen) atoms. The van der Waals surface area contributed by atoms with Crippen molar-refractivity contribution in [2.24, 2.45) is 7.05 Å². The van der Waals surface area contributed by atoms with Crippen molar-refractivity contribution in [3.63, 3.8) is 0 Å². The molecule has 0 spiro atoms. The van der Waals surface area contributed by atoms with Crippen molar-refractivity contribution in [3.05, 3.63) is 30.1 Å². The summed E-state index contributed by atoms with van der Waals surface area (Å²) in [5, 5.41) is 9.26. The summed E-state index contributed by atoms with van der Waals surface area (Å²) in [5.41, 5.74) is 0.815. The van der Waals surface area contributed by atoms with Crippen LogP contribution in [0.1, 0.15) is 64.2 Å². The summed E-state index contributed by atoms with van der Waals surface area (Å²) in [6.07, 6.45) is 12.1. The SMILES string of the molecule is Cn1c(SCC(=O)N(C2CCCCC2)C2CCCCC2)nnc1-c1ccc(F)cc1. The van der Waals surface area contributed by atoms with Gasteiger partial charge in [-0.15, -0.1) is 10.2 Å². The van der Waals surface area contributed by atoms with Crippen LogP contribution in [0.5, 0.6) is 0 Å². The van der Waals surface area contributed by atoms with Crippen LogP contribution >= 0.6 is 11.8 Å². The minimum absolute atomic E-state index is 0.241. The van der Waals surface area contributed by atoms with Gasteiger partial charge in [0.05, 0.1) is 5.75 Å². The van der Waals surface area contributed by atoms with Crippen LogP contribution in [-0.4, -0.2) is 43.4 Å².